The minimum absolute atomic E-state index is 0.0847. The van der Waals surface area contributed by atoms with E-state index in [1.54, 1.807) is 25.3 Å². The Kier molecular flexibility index (Phi) is 6.38. The summed E-state index contributed by atoms with van der Waals surface area (Å²) in [5.74, 6) is -0.0847. The molecule has 0 spiro atoms. The molecule has 0 saturated carbocycles. The topological polar surface area (TPSA) is 66.5 Å². The maximum absolute atomic E-state index is 12.3. The molecule has 0 radical (unpaired) electrons. The van der Waals surface area contributed by atoms with Crippen molar-refractivity contribution in [3.63, 3.8) is 0 Å². The Balaban J connectivity index is 2.69. The SMILES string of the molecule is C=CCCN(C)S(=O)(=O)c1ccc(CCNC(C)=O)s1. The Morgan fingerprint density at radius 1 is 1.50 bits per heavy atom. The van der Waals surface area contributed by atoms with Crippen LogP contribution in [-0.4, -0.2) is 38.8 Å². The van der Waals surface area contributed by atoms with Crippen molar-refractivity contribution in [2.75, 3.05) is 20.1 Å². The van der Waals surface area contributed by atoms with Crippen LogP contribution in [-0.2, 0) is 21.2 Å². The van der Waals surface area contributed by atoms with Crippen LogP contribution in [0.5, 0.6) is 0 Å². The predicted molar refractivity (Wildman–Crippen MR) is 81.3 cm³/mol. The van der Waals surface area contributed by atoms with Crippen LogP contribution in [0.4, 0.5) is 0 Å². The number of hydrogen-bond donors (Lipinski definition) is 1. The Bertz CT molecular complexity index is 564. The zero-order valence-corrected chi connectivity index (χ0v) is 13.4. The zero-order chi connectivity index (χ0) is 15.2. The second-order valence-electron chi connectivity index (χ2n) is 4.36. The first-order valence-corrected chi connectivity index (χ1v) is 8.54. The minimum atomic E-state index is -3.42. The molecule has 0 aliphatic carbocycles. The zero-order valence-electron chi connectivity index (χ0n) is 11.8. The third-order valence-corrected chi connectivity index (χ3v) is 6.16. The van der Waals surface area contributed by atoms with Gasteiger partial charge in [-0.25, -0.2) is 8.42 Å². The van der Waals surface area contributed by atoms with Crippen molar-refractivity contribution < 1.29 is 13.2 Å². The summed E-state index contributed by atoms with van der Waals surface area (Å²) in [5, 5.41) is 2.69. The van der Waals surface area contributed by atoms with Gasteiger partial charge in [0.15, 0.2) is 0 Å². The normalized spacial score (nSPS) is 11.6. The summed E-state index contributed by atoms with van der Waals surface area (Å²) in [6, 6.07) is 3.41. The molecule has 1 N–H and O–H groups in total. The number of amides is 1. The molecule has 7 heteroatoms. The molecule has 0 aromatic carbocycles. The second-order valence-corrected chi connectivity index (χ2v) is 7.80. The molecule has 5 nitrogen and oxygen atoms in total. The van der Waals surface area contributed by atoms with Gasteiger partial charge in [-0.15, -0.1) is 17.9 Å². The number of nitrogens with zero attached hydrogens (tertiary/aromatic N) is 1. The number of sulfonamides is 1. The summed E-state index contributed by atoms with van der Waals surface area (Å²) in [7, 11) is -1.85. The maximum Gasteiger partial charge on any atom is 0.252 e. The van der Waals surface area contributed by atoms with Crippen molar-refractivity contribution in [3.8, 4) is 0 Å². The van der Waals surface area contributed by atoms with E-state index >= 15 is 0 Å². The molecule has 1 amide bonds. The Morgan fingerprint density at radius 3 is 2.80 bits per heavy atom. The summed E-state index contributed by atoms with van der Waals surface area (Å²) >= 11 is 1.25. The van der Waals surface area contributed by atoms with Crippen molar-refractivity contribution in [2.45, 2.75) is 24.0 Å². The van der Waals surface area contributed by atoms with Crippen LogP contribution in [0, 0.1) is 0 Å². The highest BCUT2D eigenvalue weighted by molar-refractivity contribution is 7.91. The highest BCUT2D eigenvalue weighted by Crippen LogP contribution is 2.24. The van der Waals surface area contributed by atoms with E-state index in [0.717, 1.165) is 4.88 Å². The van der Waals surface area contributed by atoms with Gasteiger partial charge >= 0.3 is 0 Å². The third kappa shape index (κ3) is 4.73. The Morgan fingerprint density at radius 2 is 2.20 bits per heavy atom. The van der Waals surface area contributed by atoms with Gasteiger partial charge in [-0.05, 0) is 25.0 Å². The summed E-state index contributed by atoms with van der Waals surface area (Å²) in [5.41, 5.74) is 0. The van der Waals surface area contributed by atoms with E-state index in [0.29, 0.717) is 30.1 Å². The monoisotopic (exact) mass is 316 g/mol. The summed E-state index contributed by atoms with van der Waals surface area (Å²) < 4.78 is 26.2. The highest BCUT2D eigenvalue weighted by Gasteiger charge is 2.22. The number of thiophene rings is 1. The number of carbonyl (C=O) groups excluding carboxylic acids is 1. The van der Waals surface area contributed by atoms with Crippen LogP contribution in [0.3, 0.4) is 0 Å². The van der Waals surface area contributed by atoms with Gasteiger partial charge in [0.05, 0.1) is 0 Å². The van der Waals surface area contributed by atoms with E-state index in [9.17, 15) is 13.2 Å². The van der Waals surface area contributed by atoms with Gasteiger partial charge in [0.25, 0.3) is 10.0 Å². The fourth-order valence-corrected chi connectivity index (χ4v) is 4.29. The Hall–Kier alpha value is -1.18. The van der Waals surface area contributed by atoms with Crippen molar-refractivity contribution in [1.29, 1.82) is 0 Å². The van der Waals surface area contributed by atoms with Crippen LogP contribution in [0.1, 0.15) is 18.2 Å². The maximum atomic E-state index is 12.3. The second kappa shape index (κ2) is 7.56. The lowest BCUT2D eigenvalue weighted by molar-refractivity contribution is -0.118. The number of rotatable bonds is 8. The third-order valence-electron chi connectivity index (χ3n) is 2.70. The number of hydrogen-bond acceptors (Lipinski definition) is 4. The molecule has 0 atom stereocenters. The van der Waals surface area contributed by atoms with Gasteiger partial charge in [-0.2, -0.15) is 4.31 Å². The van der Waals surface area contributed by atoms with Crippen LogP contribution < -0.4 is 5.32 Å². The van der Waals surface area contributed by atoms with Crippen molar-refractivity contribution >= 4 is 27.3 Å². The van der Waals surface area contributed by atoms with E-state index in [1.807, 2.05) is 0 Å². The molecule has 0 saturated heterocycles. The van der Waals surface area contributed by atoms with Crippen LogP contribution in [0.15, 0.2) is 29.0 Å². The first kappa shape index (κ1) is 16.9. The predicted octanol–water partition coefficient (Wildman–Crippen LogP) is 1.62. The largest absolute Gasteiger partial charge is 0.356 e. The van der Waals surface area contributed by atoms with Crippen LogP contribution >= 0.6 is 11.3 Å². The summed E-state index contributed by atoms with van der Waals surface area (Å²) in [6.45, 7) is 5.98. The standard InChI is InChI=1S/C13H20N2O3S2/c1-4-5-10-15(3)20(17,18)13-7-6-12(19-13)8-9-14-11(2)16/h4,6-7H,1,5,8-10H2,2-3H3,(H,14,16). The van der Waals surface area contributed by atoms with Gasteiger partial charge in [0, 0.05) is 31.9 Å². The molecular formula is C13H20N2O3S2. The molecular weight excluding hydrogens is 296 g/mol. The first-order valence-electron chi connectivity index (χ1n) is 6.28. The van der Waals surface area contributed by atoms with E-state index in [1.165, 1.54) is 22.6 Å². The minimum Gasteiger partial charge on any atom is -0.356 e. The van der Waals surface area contributed by atoms with Gasteiger partial charge in [0.1, 0.15) is 4.21 Å². The quantitative estimate of drug-likeness (QED) is 0.741. The van der Waals surface area contributed by atoms with Gasteiger partial charge in [-0.1, -0.05) is 6.08 Å². The van der Waals surface area contributed by atoms with Crippen LogP contribution in [0.25, 0.3) is 0 Å². The van der Waals surface area contributed by atoms with Gasteiger partial charge in [-0.3, -0.25) is 4.79 Å². The summed E-state index contributed by atoms with van der Waals surface area (Å²) in [6.07, 6.45) is 2.95. The molecule has 20 heavy (non-hydrogen) atoms. The fourth-order valence-electron chi connectivity index (χ4n) is 1.54. The lowest BCUT2D eigenvalue weighted by atomic mass is 10.3. The van der Waals surface area contributed by atoms with Gasteiger partial charge < -0.3 is 5.32 Å². The fraction of sp³-hybridized carbons (Fsp3) is 0.462. The molecule has 1 heterocycles. The lowest BCUT2D eigenvalue weighted by Gasteiger charge is -2.14. The molecule has 0 unspecified atom stereocenters. The number of nitrogens with one attached hydrogen (secondary N) is 1. The molecule has 1 aromatic rings. The smallest absolute Gasteiger partial charge is 0.252 e. The van der Waals surface area contributed by atoms with Crippen molar-refractivity contribution in [3.05, 3.63) is 29.7 Å². The van der Waals surface area contributed by atoms with Crippen molar-refractivity contribution in [2.24, 2.45) is 0 Å². The van der Waals surface area contributed by atoms with E-state index in [2.05, 4.69) is 11.9 Å². The van der Waals surface area contributed by atoms with E-state index < -0.39 is 10.0 Å². The molecule has 0 bridgehead atoms. The lowest BCUT2D eigenvalue weighted by Crippen LogP contribution is -2.27. The van der Waals surface area contributed by atoms with Crippen molar-refractivity contribution in [1.82, 2.24) is 9.62 Å². The first-order chi connectivity index (χ1) is 9.37. The van der Waals surface area contributed by atoms with E-state index in [4.69, 9.17) is 0 Å². The molecule has 1 aromatic heterocycles. The Labute approximate surface area is 124 Å². The molecule has 0 aliphatic heterocycles. The molecule has 1 rings (SSSR count). The average Bonchev–Trinajstić information content (AvgIpc) is 2.84. The molecule has 0 aliphatic rings. The van der Waals surface area contributed by atoms with Crippen LogP contribution in [0.2, 0.25) is 0 Å². The summed E-state index contributed by atoms with van der Waals surface area (Å²) in [4.78, 5) is 11.7. The highest BCUT2D eigenvalue weighted by atomic mass is 32.2. The number of carbonyl (C=O) groups is 1. The molecule has 0 fully saturated rings. The van der Waals surface area contributed by atoms with E-state index in [-0.39, 0.29) is 5.91 Å². The average molecular weight is 316 g/mol. The molecule has 112 valence electrons. The van der Waals surface area contributed by atoms with Gasteiger partial charge in [0.2, 0.25) is 5.91 Å².